The van der Waals surface area contributed by atoms with Crippen LogP contribution in [-0.2, 0) is 4.79 Å². The summed E-state index contributed by atoms with van der Waals surface area (Å²) >= 11 is 1.22. The van der Waals surface area contributed by atoms with Crippen LogP contribution < -0.4 is 11.1 Å². The number of nitrogens with zero attached hydrogens (tertiary/aromatic N) is 1. The molecule has 0 aliphatic heterocycles. The highest BCUT2D eigenvalue weighted by Crippen LogP contribution is 2.15. The van der Waals surface area contributed by atoms with Crippen LogP contribution >= 0.6 is 11.3 Å². The number of hydrogen-bond acceptors (Lipinski definition) is 5. The van der Waals surface area contributed by atoms with Crippen LogP contribution in [0, 0.1) is 0 Å². The van der Waals surface area contributed by atoms with Crippen molar-refractivity contribution in [1.29, 1.82) is 0 Å². The number of aromatic nitrogens is 1. The predicted molar refractivity (Wildman–Crippen MR) is 56.0 cm³/mol. The van der Waals surface area contributed by atoms with E-state index in [0.717, 1.165) is 0 Å². The summed E-state index contributed by atoms with van der Waals surface area (Å²) in [5.41, 5.74) is 4.98. The van der Waals surface area contributed by atoms with Crippen molar-refractivity contribution in [2.75, 3.05) is 11.9 Å². The number of carboxylic acid groups (broad SMARTS) is 1. The first-order valence-corrected chi connectivity index (χ1v) is 5.18. The van der Waals surface area contributed by atoms with Gasteiger partial charge in [-0.1, -0.05) is 0 Å². The first-order chi connectivity index (χ1) is 7.09. The minimum Gasteiger partial charge on any atom is -0.476 e. The van der Waals surface area contributed by atoms with Gasteiger partial charge < -0.3 is 16.2 Å². The third-order valence-corrected chi connectivity index (χ3v) is 2.40. The molecule has 0 fully saturated rings. The molecule has 7 heteroatoms. The highest BCUT2D eigenvalue weighted by Gasteiger charge is 2.07. The molecule has 1 heterocycles. The highest BCUT2D eigenvalue weighted by atomic mass is 32.1. The Labute approximate surface area is 90.1 Å². The summed E-state index contributed by atoms with van der Waals surface area (Å²) in [5.74, 6) is -1.39. The molecule has 0 aliphatic carbocycles. The molecule has 82 valence electrons. The molecule has 0 spiro atoms. The van der Waals surface area contributed by atoms with Gasteiger partial charge in [0, 0.05) is 18.3 Å². The molecule has 0 aliphatic rings. The number of rotatable bonds is 6. The molecule has 0 unspecified atom stereocenters. The normalized spacial score (nSPS) is 9.87. The second kappa shape index (κ2) is 5.30. The van der Waals surface area contributed by atoms with Crippen molar-refractivity contribution in [2.24, 2.45) is 5.73 Å². The molecule has 6 nitrogen and oxygen atoms in total. The molecule has 0 radical (unpaired) electrons. The molecule has 0 bridgehead atoms. The lowest BCUT2D eigenvalue weighted by Gasteiger charge is -1.99. The van der Waals surface area contributed by atoms with Crippen LogP contribution in [0.4, 0.5) is 5.13 Å². The number of aromatic carboxylic acids is 1. The van der Waals surface area contributed by atoms with Gasteiger partial charge in [-0.3, -0.25) is 4.79 Å². The zero-order valence-corrected chi connectivity index (χ0v) is 8.71. The summed E-state index contributed by atoms with van der Waals surface area (Å²) in [6.07, 6.45) is 0.918. The summed E-state index contributed by atoms with van der Waals surface area (Å²) in [6.45, 7) is 0.551. The molecule has 1 aromatic heterocycles. The smallest absolute Gasteiger partial charge is 0.355 e. The van der Waals surface area contributed by atoms with Crippen molar-refractivity contribution in [3.8, 4) is 0 Å². The number of hydrogen-bond donors (Lipinski definition) is 3. The van der Waals surface area contributed by atoms with Gasteiger partial charge in [-0.2, -0.15) is 0 Å². The summed E-state index contributed by atoms with van der Waals surface area (Å²) in [5, 5.41) is 13.5. The van der Waals surface area contributed by atoms with E-state index < -0.39 is 5.97 Å². The Balaban J connectivity index is 2.31. The van der Waals surface area contributed by atoms with Crippen molar-refractivity contribution in [1.82, 2.24) is 4.98 Å². The van der Waals surface area contributed by atoms with E-state index in [4.69, 9.17) is 10.8 Å². The lowest BCUT2D eigenvalue weighted by atomic mass is 10.3. The maximum absolute atomic E-state index is 10.5. The van der Waals surface area contributed by atoms with E-state index in [1.165, 1.54) is 16.7 Å². The van der Waals surface area contributed by atoms with E-state index in [9.17, 15) is 9.59 Å². The minimum absolute atomic E-state index is 0.0254. The van der Waals surface area contributed by atoms with Gasteiger partial charge in [-0.15, -0.1) is 11.3 Å². The predicted octanol–water partition coefficient (Wildman–Crippen LogP) is 0.519. The Morgan fingerprint density at radius 2 is 2.33 bits per heavy atom. The molecule has 0 saturated heterocycles. The van der Waals surface area contributed by atoms with E-state index in [-0.39, 0.29) is 11.6 Å². The van der Waals surface area contributed by atoms with E-state index in [1.54, 1.807) is 0 Å². The lowest BCUT2D eigenvalue weighted by molar-refractivity contribution is -0.118. The second-order valence-corrected chi connectivity index (χ2v) is 3.70. The fourth-order valence-electron chi connectivity index (χ4n) is 0.911. The molecule has 1 rings (SSSR count). The van der Waals surface area contributed by atoms with Gasteiger partial charge in [0.15, 0.2) is 10.8 Å². The number of nitrogens with one attached hydrogen (secondary N) is 1. The van der Waals surface area contributed by atoms with Crippen LogP contribution in [0.1, 0.15) is 23.3 Å². The highest BCUT2D eigenvalue weighted by molar-refractivity contribution is 7.13. The first kappa shape index (κ1) is 11.4. The Morgan fingerprint density at radius 3 is 2.87 bits per heavy atom. The van der Waals surface area contributed by atoms with E-state index >= 15 is 0 Å². The topological polar surface area (TPSA) is 105 Å². The van der Waals surface area contributed by atoms with Crippen molar-refractivity contribution in [3.05, 3.63) is 11.1 Å². The number of anilines is 1. The van der Waals surface area contributed by atoms with Crippen LogP contribution in [0.5, 0.6) is 0 Å². The minimum atomic E-state index is -1.04. The van der Waals surface area contributed by atoms with Gasteiger partial charge in [-0.05, 0) is 6.42 Å². The third kappa shape index (κ3) is 3.94. The Kier molecular flexibility index (Phi) is 4.04. The van der Waals surface area contributed by atoms with Gasteiger partial charge in [0.05, 0.1) is 0 Å². The first-order valence-electron chi connectivity index (χ1n) is 4.30. The number of amides is 1. The monoisotopic (exact) mass is 229 g/mol. The quantitative estimate of drug-likeness (QED) is 0.617. The van der Waals surface area contributed by atoms with Crippen molar-refractivity contribution < 1.29 is 14.7 Å². The lowest BCUT2D eigenvalue weighted by Crippen LogP contribution is -2.12. The van der Waals surface area contributed by atoms with Crippen molar-refractivity contribution in [3.63, 3.8) is 0 Å². The summed E-state index contributed by atoms with van der Waals surface area (Å²) in [4.78, 5) is 24.7. The summed E-state index contributed by atoms with van der Waals surface area (Å²) in [6, 6.07) is 0. The number of carboxylic acids is 1. The molecule has 0 saturated carbocycles. The summed E-state index contributed by atoms with van der Waals surface area (Å²) in [7, 11) is 0. The molecular weight excluding hydrogens is 218 g/mol. The van der Waals surface area contributed by atoms with Crippen LogP contribution in [0.3, 0.4) is 0 Å². The van der Waals surface area contributed by atoms with Gasteiger partial charge in [0.1, 0.15) is 0 Å². The molecule has 15 heavy (non-hydrogen) atoms. The van der Waals surface area contributed by atoms with Crippen LogP contribution in [0.25, 0.3) is 0 Å². The van der Waals surface area contributed by atoms with Crippen LogP contribution in [-0.4, -0.2) is 28.5 Å². The zero-order chi connectivity index (χ0) is 11.3. The average molecular weight is 229 g/mol. The maximum Gasteiger partial charge on any atom is 0.355 e. The molecule has 1 aromatic rings. The number of thiazole rings is 1. The summed E-state index contributed by atoms with van der Waals surface area (Å²) < 4.78 is 0. The largest absolute Gasteiger partial charge is 0.476 e. The Bertz CT molecular complexity index is 364. The number of nitrogens with two attached hydrogens (primary N) is 1. The van der Waals surface area contributed by atoms with Crippen LogP contribution in [0.15, 0.2) is 5.38 Å². The van der Waals surface area contributed by atoms with E-state index in [1.807, 2.05) is 0 Å². The third-order valence-electron chi connectivity index (χ3n) is 1.60. The number of primary amides is 1. The zero-order valence-electron chi connectivity index (χ0n) is 7.90. The van der Waals surface area contributed by atoms with Crippen molar-refractivity contribution >= 4 is 28.3 Å². The van der Waals surface area contributed by atoms with Gasteiger partial charge in [0.25, 0.3) is 0 Å². The fourth-order valence-corrected chi connectivity index (χ4v) is 1.62. The van der Waals surface area contributed by atoms with Crippen LogP contribution in [0.2, 0.25) is 0 Å². The number of carbonyl (C=O) groups excluding carboxylic acids is 1. The standard InChI is InChI=1S/C8H11N3O3S/c9-6(12)2-1-3-10-8-11-5(4-15-8)7(13)14/h4H,1-3H2,(H2,9,12)(H,10,11)(H,13,14). The molecule has 0 atom stereocenters. The molecule has 4 N–H and O–H groups in total. The molecule has 1 amide bonds. The number of carbonyl (C=O) groups is 2. The van der Waals surface area contributed by atoms with Gasteiger partial charge in [-0.25, -0.2) is 9.78 Å². The average Bonchev–Trinajstić information content (AvgIpc) is 2.60. The second-order valence-electron chi connectivity index (χ2n) is 2.84. The van der Waals surface area contributed by atoms with E-state index in [0.29, 0.717) is 24.5 Å². The Morgan fingerprint density at radius 1 is 1.60 bits per heavy atom. The van der Waals surface area contributed by atoms with Gasteiger partial charge in [0.2, 0.25) is 5.91 Å². The molecule has 0 aromatic carbocycles. The van der Waals surface area contributed by atoms with Gasteiger partial charge >= 0.3 is 5.97 Å². The van der Waals surface area contributed by atoms with E-state index in [2.05, 4.69) is 10.3 Å². The van der Waals surface area contributed by atoms with Crippen molar-refractivity contribution in [2.45, 2.75) is 12.8 Å². The maximum atomic E-state index is 10.5. The SMILES string of the molecule is NC(=O)CCCNc1nc(C(=O)O)cs1. The molecular formula is C8H11N3O3S. The Hall–Kier alpha value is -1.63. The fraction of sp³-hybridized carbons (Fsp3) is 0.375.